The fraction of sp³-hybridized carbons (Fsp3) is 0. The lowest BCUT2D eigenvalue weighted by molar-refractivity contribution is 0.103. The van der Waals surface area contributed by atoms with Crippen LogP contribution in [0.4, 0.5) is 0 Å². The molecule has 0 bridgehead atoms. The highest BCUT2D eigenvalue weighted by atomic mass is 79.9. The van der Waals surface area contributed by atoms with Crippen LogP contribution < -0.4 is 0 Å². The van der Waals surface area contributed by atoms with E-state index in [1.165, 1.54) is 0 Å². The molecule has 0 aromatic heterocycles. The van der Waals surface area contributed by atoms with Crippen molar-refractivity contribution in [3.8, 4) is 0 Å². The van der Waals surface area contributed by atoms with Crippen LogP contribution >= 0.6 is 15.9 Å². The van der Waals surface area contributed by atoms with E-state index in [0.29, 0.717) is 11.1 Å². The normalized spacial score (nSPS) is 9.94. The smallest absolute Gasteiger partial charge is 0.194 e. The van der Waals surface area contributed by atoms with Gasteiger partial charge in [-0.3, -0.25) is 4.79 Å². The fourth-order valence-corrected chi connectivity index (χ4v) is 2.23. The van der Waals surface area contributed by atoms with E-state index in [1.54, 1.807) is 6.08 Å². The maximum atomic E-state index is 12.3. The molecule has 0 aliphatic carbocycles. The zero-order valence-electron chi connectivity index (χ0n) is 9.19. The largest absolute Gasteiger partial charge is 0.289 e. The summed E-state index contributed by atoms with van der Waals surface area (Å²) in [5, 5.41) is 0. The van der Waals surface area contributed by atoms with Crippen LogP contribution in [0.5, 0.6) is 0 Å². The maximum absolute atomic E-state index is 12.3. The van der Waals surface area contributed by atoms with Crippen molar-refractivity contribution in [2.75, 3.05) is 0 Å². The molecule has 1 nitrogen and oxygen atoms in total. The Hall–Kier alpha value is -1.67. The van der Waals surface area contributed by atoms with Crippen molar-refractivity contribution in [3.63, 3.8) is 0 Å². The van der Waals surface area contributed by atoms with Crippen molar-refractivity contribution in [2.24, 2.45) is 0 Å². The topological polar surface area (TPSA) is 17.1 Å². The quantitative estimate of drug-likeness (QED) is 0.768. The van der Waals surface area contributed by atoms with Gasteiger partial charge >= 0.3 is 0 Å². The molecule has 2 heteroatoms. The summed E-state index contributed by atoms with van der Waals surface area (Å²) in [6, 6.07) is 14.8. The summed E-state index contributed by atoms with van der Waals surface area (Å²) in [5.41, 5.74) is 2.27. The van der Waals surface area contributed by atoms with Gasteiger partial charge in [-0.05, 0) is 27.6 Å². The molecular formula is C15H11BrO. The zero-order chi connectivity index (χ0) is 12.3. The van der Waals surface area contributed by atoms with Gasteiger partial charge in [-0.25, -0.2) is 0 Å². The van der Waals surface area contributed by atoms with Gasteiger partial charge in [-0.15, -0.1) is 0 Å². The van der Waals surface area contributed by atoms with Crippen LogP contribution in [-0.2, 0) is 0 Å². The Morgan fingerprint density at radius 3 is 2.41 bits per heavy atom. The van der Waals surface area contributed by atoms with E-state index < -0.39 is 0 Å². The molecule has 0 saturated carbocycles. The SMILES string of the molecule is C=Cc1cccc(C(=O)c2ccccc2)c1Br. The van der Waals surface area contributed by atoms with E-state index in [9.17, 15) is 4.79 Å². The van der Waals surface area contributed by atoms with Gasteiger partial charge in [0, 0.05) is 15.6 Å². The lowest BCUT2D eigenvalue weighted by Crippen LogP contribution is -2.02. The van der Waals surface area contributed by atoms with Crippen molar-refractivity contribution in [2.45, 2.75) is 0 Å². The molecule has 0 radical (unpaired) electrons. The lowest BCUT2D eigenvalue weighted by atomic mass is 10.0. The average Bonchev–Trinajstić information content (AvgIpc) is 2.39. The van der Waals surface area contributed by atoms with Crippen LogP contribution in [0.1, 0.15) is 21.5 Å². The van der Waals surface area contributed by atoms with Gasteiger partial charge in [-0.2, -0.15) is 0 Å². The van der Waals surface area contributed by atoms with Crippen molar-refractivity contribution < 1.29 is 4.79 Å². The van der Waals surface area contributed by atoms with Crippen LogP contribution in [0, 0.1) is 0 Å². The first-order valence-corrected chi connectivity index (χ1v) is 6.04. The summed E-state index contributed by atoms with van der Waals surface area (Å²) >= 11 is 3.45. The van der Waals surface area contributed by atoms with Gasteiger partial charge in [0.2, 0.25) is 0 Å². The standard InChI is InChI=1S/C15H11BrO/c1-2-11-9-6-10-13(14(11)16)15(17)12-7-4-3-5-8-12/h2-10H,1H2. The summed E-state index contributed by atoms with van der Waals surface area (Å²) in [5.74, 6) is 0.0150. The molecule has 0 amide bonds. The Bertz CT molecular complexity index is 558. The molecule has 0 unspecified atom stereocenters. The molecule has 2 aromatic rings. The molecule has 0 fully saturated rings. The van der Waals surface area contributed by atoms with Gasteiger partial charge < -0.3 is 0 Å². The number of carbonyl (C=O) groups is 1. The Morgan fingerprint density at radius 2 is 1.76 bits per heavy atom. The van der Waals surface area contributed by atoms with Crippen molar-refractivity contribution in [3.05, 3.63) is 76.3 Å². The molecule has 0 N–H and O–H groups in total. The molecule has 0 saturated heterocycles. The summed E-state index contributed by atoms with van der Waals surface area (Å²) in [7, 11) is 0. The third-order valence-electron chi connectivity index (χ3n) is 2.53. The number of hydrogen-bond donors (Lipinski definition) is 0. The Balaban J connectivity index is 2.48. The van der Waals surface area contributed by atoms with Gasteiger partial charge in [0.05, 0.1) is 0 Å². The van der Waals surface area contributed by atoms with E-state index in [0.717, 1.165) is 10.0 Å². The molecule has 0 heterocycles. The highest BCUT2D eigenvalue weighted by molar-refractivity contribution is 9.10. The minimum atomic E-state index is 0.0150. The Labute approximate surface area is 109 Å². The average molecular weight is 287 g/mol. The second-order valence-corrected chi connectivity index (χ2v) is 4.40. The molecule has 2 rings (SSSR count). The first kappa shape index (κ1) is 11.8. The van der Waals surface area contributed by atoms with Crippen LogP contribution in [0.3, 0.4) is 0 Å². The third-order valence-corrected chi connectivity index (χ3v) is 3.41. The zero-order valence-corrected chi connectivity index (χ0v) is 10.8. The number of hydrogen-bond acceptors (Lipinski definition) is 1. The summed E-state index contributed by atoms with van der Waals surface area (Å²) in [6.45, 7) is 3.72. The van der Waals surface area contributed by atoms with Gasteiger partial charge in [0.1, 0.15) is 0 Å². The molecule has 0 aliphatic heterocycles. The van der Waals surface area contributed by atoms with Crippen molar-refractivity contribution in [1.29, 1.82) is 0 Å². The number of ketones is 1. The molecule has 0 aliphatic rings. The van der Waals surface area contributed by atoms with Gasteiger partial charge in [0.25, 0.3) is 0 Å². The van der Waals surface area contributed by atoms with Gasteiger partial charge in [-0.1, -0.05) is 55.1 Å². The van der Waals surface area contributed by atoms with E-state index in [-0.39, 0.29) is 5.78 Å². The van der Waals surface area contributed by atoms with E-state index in [4.69, 9.17) is 0 Å². The van der Waals surface area contributed by atoms with E-state index in [1.807, 2.05) is 48.5 Å². The number of carbonyl (C=O) groups excluding carboxylic acids is 1. The van der Waals surface area contributed by atoms with Crippen LogP contribution in [0.25, 0.3) is 6.08 Å². The van der Waals surface area contributed by atoms with E-state index >= 15 is 0 Å². The van der Waals surface area contributed by atoms with Crippen molar-refractivity contribution in [1.82, 2.24) is 0 Å². The fourth-order valence-electron chi connectivity index (χ4n) is 1.63. The predicted octanol–water partition coefficient (Wildman–Crippen LogP) is 4.32. The highest BCUT2D eigenvalue weighted by Crippen LogP contribution is 2.25. The molecular weight excluding hydrogens is 276 g/mol. The number of rotatable bonds is 3. The lowest BCUT2D eigenvalue weighted by Gasteiger charge is -2.06. The first-order valence-electron chi connectivity index (χ1n) is 5.24. The second kappa shape index (κ2) is 5.11. The summed E-state index contributed by atoms with van der Waals surface area (Å²) < 4.78 is 0.795. The molecule has 2 aromatic carbocycles. The van der Waals surface area contributed by atoms with Crippen molar-refractivity contribution >= 4 is 27.8 Å². The molecule has 84 valence electrons. The van der Waals surface area contributed by atoms with Gasteiger partial charge in [0.15, 0.2) is 5.78 Å². The Morgan fingerprint density at radius 1 is 1.06 bits per heavy atom. The summed E-state index contributed by atoms with van der Waals surface area (Å²) in [6.07, 6.45) is 1.73. The second-order valence-electron chi connectivity index (χ2n) is 3.61. The number of benzene rings is 2. The van der Waals surface area contributed by atoms with Crippen LogP contribution in [0.2, 0.25) is 0 Å². The van der Waals surface area contributed by atoms with Crippen LogP contribution in [-0.4, -0.2) is 5.78 Å². The number of halogens is 1. The summed E-state index contributed by atoms with van der Waals surface area (Å²) in [4.78, 5) is 12.3. The maximum Gasteiger partial charge on any atom is 0.194 e. The first-order chi connectivity index (χ1) is 8.24. The molecule has 0 spiro atoms. The minimum absolute atomic E-state index is 0.0150. The Kier molecular flexibility index (Phi) is 3.55. The molecule has 17 heavy (non-hydrogen) atoms. The molecule has 0 atom stereocenters. The third kappa shape index (κ3) is 2.37. The van der Waals surface area contributed by atoms with E-state index in [2.05, 4.69) is 22.5 Å². The monoisotopic (exact) mass is 286 g/mol. The highest BCUT2D eigenvalue weighted by Gasteiger charge is 2.13. The minimum Gasteiger partial charge on any atom is -0.289 e. The predicted molar refractivity (Wildman–Crippen MR) is 74.1 cm³/mol. The van der Waals surface area contributed by atoms with Crippen LogP contribution in [0.15, 0.2) is 59.6 Å².